The molecule has 0 bridgehead atoms. The van der Waals surface area contributed by atoms with Gasteiger partial charge in [-0.05, 0) is 6.42 Å². The molecule has 0 saturated heterocycles. The van der Waals surface area contributed by atoms with Gasteiger partial charge >= 0.3 is 5.97 Å². The minimum Gasteiger partial charge on any atom is -0.481 e. The maximum atomic E-state index is 11.4. The zero-order chi connectivity index (χ0) is 14.4. The van der Waals surface area contributed by atoms with Crippen molar-refractivity contribution in [1.82, 2.24) is 25.3 Å². The number of rotatable bonds is 7. The Morgan fingerprint density at radius 3 is 2.95 bits per heavy atom. The number of aliphatic carboxylic acids is 1. The van der Waals surface area contributed by atoms with Crippen LogP contribution in [0.15, 0.2) is 12.5 Å². The van der Waals surface area contributed by atoms with Crippen LogP contribution in [-0.2, 0) is 16.0 Å². The molecular weight excluding hydrogens is 262 g/mol. The van der Waals surface area contributed by atoms with Crippen LogP contribution in [0.1, 0.15) is 25.1 Å². The molecule has 0 fully saturated rings. The van der Waals surface area contributed by atoms with Gasteiger partial charge in [-0.1, -0.05) is 0 Å². The van der Waals surface area contributed by atoms with Crippen LogP contribution in [0.3, 0.4) is 0 Å². The van der Waals surface area contributed by atoms with Crippen molar-refractivity contribution in [2.45, 2.75) is 25.7 Å². The number of carboxylic acids is 1. The van der Waals surface area contributed by atoms with Crippen LogP contribution in [0.25, 0.3) is 11.2 Å². The number of amides is 1. The number of imidazole rings is 1. The summed E-state index contributed by atoms with van der Waals surface area (Å²) in [6.45, 7) is 0.418. The fourth-order valence-corrected chi connectivity index (χ4v) is 1.69. The molecule has 2 rings (SSSR count). The Kier molecular flexibility index (Phi) is 4.59. The maximum absolute atomic E-state index is 11.4. The number of carbonyl (C=O) groups is 2. The smallest absolute Gasteiger partial charge is 0.303 e. The van der Waals surface area contributed by atoms with Gasteiger partial charge in [0.15, 0.2) is 5.65 Å². The molecular formula is C12H15N5O3. The van der Waals surface area contributed by atoms with Crippen LogP contribution < -0.4 is 5.32 Å². The highest BCUT2D eigenvalue weighted by Gasteiger charge is 2.05. The first-order chi connectivity index (χ1) is 9.65. The molecule has 106 valence electrons. The Morgan fingerprint density at radius 2 is 2.15 bits per heavy atom. The summed E-state index contributed by atoms with van der Waals surface area (Å²) in [6.07, 6.45) is 4.27. The second-order valence-electron chi connectivity index (χ2n) is 4.27. The van der Waals surface area contributed by atoms with Crippen LogP contribution in [0.4, 0.5) is 0 Å². The summed E-state index contributed by atoms with van der Waals surface area (Å²) in [5, 5.41) is 11.2. The summed E-state index contributed by atoms with van der Waals surface area (Å²) >= 11 is 0. The number of carbonyl (C=O) groups excluding carboxylic acids is 1. The molecule has 20 heavy (non-hydrogen) atoms. The van der Waals surface area contributed by atoms with Crippen molar-refractivity contribution < 1.29 is 14.7 Å². The zero-order valence-electron chi connectivity index (χ0n) is 10.8. The van der Waals surface area contributed by atoms with Gasteiger partial charge in [-0.15, -0.1) is 0 Å². The average molecular weight is 277 g/mol. The minimum atomic E-state index is -0.890. The molecule has 0 unspecified atom stereocenters. The highest BCUT2D eigenvalue weighted by molar-refractivity contribution is 5.76. The second kappa shape index (κ2) is 6.60. The Hall–Kier alpha value is -2.51. The first kappa shape index (κ1) is 13.9. The molecule has 2 aromatic heterocycles. The van der Waals surface area contributed by atoms with E-state index < -0.39 is 5.97 Å². The van der Waals surface area contributed by atoms with E-state index in [1.54, 1.807) is 12.5 Å². The molecule has 8 heteroatoms. The van der Waals surface area contributed by atoms with Crippen molar-refractivity contribution in [3.05, 3.63) is 18.3 Å². The van der Waals surface area contributed by atoms with Crippen LogP contribution in [-0.4, -0.2) is 43.5 Å². The van der Waals surface area contributed by atoms with Gasteiger partial charge in [0.25, 0.3) is 0 Å². The number of H-pyrrole nitrogens is 1. The van der Waals surface area contributed by atoms with Crippen molar-refractivity contribution in [2.75, 3.05) is 6.54 Å². The molecule has 2 aromatic rings. The SMILES string of the molecule is O=C(O)CCCC(=O)NCCc1ncc2[nH]cnc2n1. The second-order valence-corrected chi connectivity index (χ2v) is 4.27. The molecule has 0 aliphatic carbocycles. The molecule has 0 aliphatic rings. The van der Waals surface area contributed by atoms with Crippen LogP contribution >= 0.6 is 0 Å². The van der Waals surface area contributed by atoms with Crippen molar-refractivity contribution >= 4 is 23.0 Å². The molecule has 0 spiro atoms. The number of nitrogens with one attached hydrogen (secondary N) is 2. The molecule has 0 aromatic carbocycles. The van der Waals surface area contributed by atoms with Gasteiger partial charge in [0.1, 0.15) is 11.3 Å². The van der Waals surface area contributed by atoms with E-state index in [0.29, 0.717) is 30.9 Å². The fraction of sp³-hybridized carbons (Fsp3) is 0.417. The summed E-state index contributed by atoms with van der Waals surface area (Å²) in [6, 6.07) is 0. The lowest BCUT2D eigenvalue weighted by atomic mass is 10.2. The zero-order valence-corrected chi connectivity index (χ0v) is 10.8. The summed E-state index contributed by atoms with van der Waals surface area (Å²) in [5.41, 5.74) is 1.37. The Morgan fingerprint density at radius 1 is 1.30 bits per heavy atom. The summed E-state index contributed by atoms with van der Waals surface area (Å²) < 4.78 is 0. The van der Waals surface area contributed by atoms with Crippen LogP contribution in [0.5, 0.6) is 0 Å². The summed E-state index contributed by atoms with van der Waals surface area (Å²) in [5.74, 6) is -0.443. The van der Waals surface area contributed by atoms with Gasteiger partial charge < -0.3 is 15.4 Å². The predicted molar refractivity (Wildman–Crippen MR) is 69.9 cm³/mol. The van der Waals surface area contributed by atoms with Gasteiger partial charge in [0.05, 0.1) is 12.5 Å². The van der Waals surface area contributed by atoms with E-state index in [2.05, 4.69) is 25.3 Å². The first-order valence-electron chi connectivity index (χ1n) is 6.28. The topological polar surface area (TPSA) is 121 Å². The third-order valence-corrected chi connectivity index (χ3v) is 2.69. The number of hydrogen-bond donors (Lipinski definition) is 3. The summed E-state index contributed by atoms with van der Waals surface area (Å²) in [4.78, 5) is 37.0. The van der Waals surface area contributed by atoms with Gasteiger partial charge in [0, 0.05) is 25.8 Å². The number of aromatic amines is 1. The monoisotopic (exact) mass is 277 g/mol. The number of aromatic nitrogens is 4. The van der Waals surface area contributed by atoms with E-state index in [1.807, 2.05) is 0 Å². The van der Waals surface area contributed by atoms with E-state index in [-0.39, 0.29) is 18.7 Å². The van der Waals surface area contributed by atoms with Gasteiger partial charge in [-0.2, -0.15) is 0 Å². The minimum absolute atomic E-state index is 0.00631. The Balaban J connectivity index is 1.72. The lowest BCUT2D eigenvalue weighted by molar-refractivity contribution is -0.137. The highest BCUT2D eigenvalue weighted by atomic mass is 16.4. The molecule has 2 heterocycles. The number of nitrogens with zero attached hydrogens (tertiary/aromatic N) is 3. The molecule has 8 nitrogen and oxygen atoms in total. The highest BCUT2D eigenvalue weighted by Crippen LogP contribution is 2.04. The number of fused-ring (bicyclic) bond motifs is 1. The lowest BCUT2D eigenvalue weighted by Gasteiger charge is -2.03. The van der Waals surface area contributed by atoms with Crippen molar-refractivity contribution in [2.24, 2.45) is 0 Å². The summed E-state index contributed by atoms with van der Waals surface area (Å²) in [7, 11) is 0. The molecule has 1 amide bonds. The molecule has 3 N–H and O–H groups in total. The normalized spacial score (nSPS) is 10.6. The predicted octanol–water partition coefficient (Wildman–Crippen LogP) is 0.266. The number of hydrogen-bond acceptors (Lipinski definition) is 5. The van der Waals surface area contributed by atoms with Crippen LogP contribution in [0.2, 0.25) is 0 Å². The molecule has 0 atom stereocenters. The first-order valence-corrected chi connectivity index (χ1v) is 6.28. The van der Waals surface area contributed by atoms with Gasteiger partial charge in [-0.3, -0.25) is 9.59 Å². The van der Waals surface area contributed by atoms with E-state index in [1.165, 1.54) is 0 Å². The van der Waals surface area contributed by atoms with Gasteiger partial charge in [0.2, 0.25) is 5.91 Å². The molecule has 0 saturated carbocycles. The standard InChI is InChI=1S/C12H15N5O3/c18-10(2-1-3-11(19)20)13-5-4-9-14-6-8-12(17-9)16-7-15-8/h6-7H,1-5H2,(H,13,18)(H,19,20)(H,14,15,16,17). The molecule has 0 radical (unpaired) electrons. The number of carboxylic acid groups (broad SMARTS) is 1. The largest absolute Gasteiger partial charge is 0.481 e. The average Bonchev–Trinajstić information content (AvgIpc) is 2.85. The lowest BCUT2D eigenvalue weighted by Crippen LogP contribution is -2.26. The van der Waals surface area contributed by atoms with E-state index in [4.69, 9.17) is 5.11 Å². The van der Waals surface area contributed by atoms with Crippen LogP contribution in [0, 0.1) is 0 Å². The van der Waals surface area contributed by atoms with E-state index in [9.17, 15) is 9.59 Å². The van der Waals surface area contributed by atoms with E-state index >= 15 is 0 Å². The van der Waals surface area contributed by atoms with Crippen molar-refractivity contribution in [1.29, 1.82) is 0 Å². The third kappa shape index (κ3) is 4.01. The third-order valence-electron chi connectivity index (χ3n) is 2.69. The Bertz CT molecular complexity index is 610. The van der Waals surface area contributed by atoms with Crippen molar-refractivity contribution in [3.8, 4) is 0 Å². The Labute approximate surface area is 114 Å². The fourth-order valence-electron chi connectivity index (χ4n) is 1.69. The molecule has 0 aliphatic heterocycles. The quantitative estimate of drug-likeness (QED) is 0.667. The maximum Gasteiger partial charge on any atom is 0.303 e. The van der Waals surface area contributed by atoms with E-state index in [0.717, 1.165) is 5.52 Å². The van der Waals surface area contributed by atoms with Crippen molar-refractivity contribution in [3.63, 3.8) is 0 Å². The van der Waals surface area contributed by atoms with Gasteiger partial charge in [-0.25, -0.2) is 15.0 Å².